The molecule has 0 spiro atoms. The lowest BCUT2D eigenvalue weighted by molar-refractivity contribution is -0.150. The van der Waals surface area contributed by atoms with Crippen molar-refractivity contribution in [3.8, 4) is 5.75 Å². The van der Waals surface area contributed by atoms with Crippen LogP contribution in [0.5, 0.6) is 5.75 Å². The fourth-order valence-corrected chi connectivity index (χ4v) is 2.46. The highest BCUT2D eigenvalue weighted by Crippen LogP contribution is 2.42. The molecule has 0 bridgehead atoms. The highest BCUT2D eigenvalue weighted by molar-refractivity contribution is 5.92. The van der Waals surface area contributed by atoms with E-state index in [0.717, 1.165) is 25.0 Å². The molecule has 2 atom stereocenters. The van der Waals surface area contributed by atoms with Gasteiger partial charge in [-0.15, -0.1) is 0 Å². The van der Waals surface area contributed by atoms with E-state index in [9.17, 15) is 4.79 Å². The van der Waals surface area contributed by atoms with Crippen molar-refractivity contribution >= 4 is 5.78 Å². The van der Waals surface area contributed by atoms with E-state index < -0.39 is 0 Å². The average molecular weight is 246 g/mol. The zero-order chi connectivity index (χ0) is 13.2. The van der Waals surface area contributed by atoms with Gasteiger partial charge in [-0.1, -0.05) is 32.4 Å². The molecule has 0 amide bonds. The lowest BCUT2D eigenvalue weighted by atomic mass is 9.64. The molecule has 0 saturated heterocycles. The minimum Gasteiger partial charge on any atom is -0.489 e. The minimum absolute atomic E-state index is 0.0482. The summed E-state index contributed by atoms with van der Waals surface area (Å²) in [6.07, 6.45) is 3.72. The molecule has 1 fully saturated rings. The van der Waals surface area contributed by atoms with Gasteiger partial charge in [0.1, 0.15) is 17.6 Å². The number of carbonyl (C=O) groups is 1. The van der Waals surface area contributed by atoms with Gasteiger partial charge in [0.2, 0.25) is 0 Å². The van der Waals surface area contributed by atoms with E-state index in [-0.39, 0.29) is 11.5 Å². The van der Waals surface area contributed by atoms with Crippen LogP contribution in [0.15, 0.2) is 24.3 Å². The summed E-state index contributed by atoms with van der Waals surface area (Å²) in [6.45, 7) is 6.24. The number of aryl methyl sites for hydroxylation is 1. The molecule has 0 aromatic heterocycles. The van der Waals surface area contributed by atoms with Crippen LogP contribution in [0.25, 0.3) is 0 Å². The Morgan fingerprint density at radius 2 is 1.94 bits per heavy atom. The monoisotopic (exact) mass is 246 g/mol. The number of carbonyl (C=O) groups excluding carboxylic acids is 1. The number of ketones is 1. The Morgan fingerprint density at radius 3 is 2.44 bits per heavy atom. The third-order valence-electron chi connectivity index (χ3n) is 4.19. The molecule has 98 valence electrons. The number of Topliss-reactive ketones (excluding diaryl/α,β-unsaturated/α-hetero) is 1. The largest absolute Gasteiger partial charge is 0.489 e. The molecule has 1 aliphatic carbocycles. The van der Waals surface area contributed by atoms with Gasteiger partial charge in [-0.3, -0.25) is 4.79 Å². The van der Waals surface area contributed by atoms with Gasteiger partial charge in [-0.05, 0) is 37.5 Å². The minimum atomic E-state index is -0.276. The molecule has 1 saturated carbocycles. The van der Waals surface area contributed by atoms with E-state index in [1.165, 1.54) is 5.56 Å². The van der Waals surface area contributed by atoms with Crippen molar-refractivity contribution in [2.24, 2.45) is 5.41 Å². The average Bonchev–Trinajstić information content (AvgIpc) is 2.40. The van der Waals surface area contributed by atoms with Gasteiger partial charge in [0.05, 0.1) is 5.41 Å². The Kier molecular flexibility index (Phi) is 3.74. The second-order valence-corrected chi connectivity index (χ2v) is 5.40. The van der Waals surface area contributed by atoms with Crippen molar-refractivity contribution < 1.29 is 9.53 Å². The fraction of sp³-hybridized carbons (Fsp3) is 0.562. The van der Waals surface area contributed by atoms with Gasteiger partial charge in [-0.25, -0.2) is 0 Å². The molecule has 18 heavy (non-hydrogen) atoms. The number of hydrogen-bond acceptors (Lipinski definition) is 2. The van der Waals surface area contributed by atoms with Crippen LogP contribution in [-0.2, 0) is 11.2 Å². The van der Waals surface area contributed by atoms with Crippen molar-refractivity contribution in [1.29, 1.82) is 0 Å². The molecule has 0 aliphatic heterocycles. The van der Waals surface area contributed by atoms with Crippen molar-refractivity contribution in [3.05, 3.63) is 29.8 Å². The van der Waals surface area contributed by atoms with E-state index in [1.807, 2.05) is 19.1 Å². The molecule has 1 aromatic carbocycles. The maximum atomic E-state index is 11.6. The second-order valence-electron chi connectivity index (χ2n) is 5.40. The summed E-state index contributed by atoms with van der Waals surface area (Å²) in [5.74, 6) is 1.21. The summed E-state index contributed by atoms with van der Waals surface area (Å²) < 4.78 is 5.94. The fourth-order valence-electron chi connectivity index (χ4n) is 2.46. The smallest absolute Gasteiger partial charge is 0.146 e. The van der Waals surface area contributed by atoms with Crippen LogP contribution in [0.3, 0.4) is 0 Å². The Morgan fingerprint density at radius 1 is 1.28 bits per heavy atom. The Labute approximate surface area is 109 Å². The van der Waals surface area contributed by atoms with Gasteiger partial charge in [0, 0.05) is 6.42 Å². The molecule has 0 radical (unpaired) electrons. The van der Waals surface area contributed by atoms with E-state index in [4.69, 9.17) is 4.74 Å². The molecular formula is C16H22O2. The highest BCUT2D eigenvalue weighted by Gasteiger charge is 2.51. The van der Waals surface area contributed by atoms with Crippen LogP contribution < -0.4 is 4.74 Å². The summed E-state index contributed by atoms with van der Waals surface area (Å²) in [6, 6.07) is 8.26. The van der Waals surface area contributed by atoms with E-state index >= 15 is 0 Å². The standard InChI is InChI=1S/C16H22O2/c1-4-6-12-7-9-13(10-8-12)18-15-11-14(17)16(15,3)5-2/h7-10,15H,4-6,11H2,1-3H3. The van der Waals surface area contributed by atoms with Gasteiger partial charge >= 0.3 is 0 Å². The molecule has 1 aliphatic rings. The molecule has 2 nitrogen and oxygen atoms in total. The maximum Gasteiger partial charge on any atom is 0.146 e. The van der Waals surface area contributed by atoms with E-state index in [1.54, 1.807) is 0 Å². The van der Waals surface area contributed by atoms with Crippen LogP contribution in [0.1, 0.15) is 45.6 Å². The first-order chi connectivity index (χ1) is 8.60. The van der Waals surface area contributed by atoms with Gasteiger partial charge in [0.25, 0.3) is 0 Å². The first-order valence-corrected chi connectivity index (χ1v) is 6.89. The van der Waals surface area contributed by atoms with Crippen LogP contribution >= 0.6 is 0 Å². The summed E-state index contributed by atoms with van der Waals surface area (Å²) in [4.78, 5) is 11.6. The SMILES string of the molecule is CCCc1ccc(OC2CC(=O)C2(C)CC)cc1. The normalized spacial score (nSPS) is 26.8. The van der Waals surface area contributed by atoms with Crippen molar-refractivity contribution in [2.75, 3.05) is 0 Å². The lowest BCUT2D eigenvalue weighted by Crippen LogP contribution is -2.54. The molecule has 1 aromatic rings. The summed E-state index contributed by atoms with van der Waals surface area (Å²) >= 11 is 0. The van der Waals surface area contributed by atoms with Crippen LogP contribution in [0, 0.1) is 5.41 Å². The molecule has 2 unspecified atom stereocenters. The van der Waals surface area contributed by atoms with Crippen LogP contribution in [0.4, 0.5) is 0 Å². The van der Waals surface area contributed by atoms with E-state index in [0.29, 0.717) is 12.2 Å². The van der Waals surface area contributed by atoms with Gasteiger partial charge in [0.15, 0.2) is 0 Å². The first kappa shape index (κ1) is 13.1. The Bertz CT molecular complexity index is 421. The predicted molar refractivity (Wildman–Crippen MR) is 72.9 cm³/mol. The predicted octanol–water partition coefficient (Wildman–Crippen LogP) is 3.78. The second kappa shape index (κ2) is 5.13. The number of benzene rings is 1. The molecule has 0 N–H and O–H groups in total. The zero-order valence-electron chi connectivity index (χ0n) is 11.5. The maximum absolute atomic E-state index is 11.6. The number of ether oxygens (including phenoxy) is 1. The summed E-state index contributed by atoms with van der Waals surface area (Å²) in [5, 5.41) is 0. The molecule has 0 heterocycles. The molecule has 2 rings (SSSR count). The topological polar surface area (TPSA) is 26.3 Å². The summed E-state index contributed by atoms with van der Waals surface area (Å²) in [7, 11) is 0. The van der Waals surface area contributed by atoms with Crippen molar-refractivity contribution in [3.63, 3.8) is 0 Å². The number of hydrogen-bond donors (Lipinski definition) is 0. The Balaban J connectivity index is 2.00. The first-order valence-electron chi connectivity index (χ1n) is 6.89. The van der Waals surface area contributed by atoms with Gasteiger partial charge in [-0.2, -0.15) is 0 Å². The quantitative estimate of drug-likeness (QED) is 0.790. The summed E-state index contributed by atoms with van der Waals surface area (Å²) in [5.41, 5.74) is 1.06. The van der Waals surface area contributed by atoms with Gasteiger partial charge < -0.3 is 4.74 Å². The van der Waals surface area contributed by atoms with Crippen LogP contribution in [-0.4, -0.2) is 11.9 Å². The zero-order valence-corrected chi connectivity index (χ0v) is 11.5. The third-order valence-corrected chi connectivity index (χ3v) is 4.19. The number of rotatable bonds is 5. The Hall–Kier alpha value is -1.31. The van der Waals surface area contributed by atoms with Crippen LogP contribution in [0.2, 0.25) is 0 Å². The van der Waals surface area contributed by atoms with Crippen molar-refractivity contribution in [1.82, 2.24) is 0 Å². The molecular weight excluding hydrogens is 224 g/mol. The van der Waals surface area contributed by atoms with E-state index in [2.05, 4.69) is 26.0 Å². The highest BCUT2D eigenvalue weighted by atomic mass is 16.5. The molecule has 2 heteroatoms. The third kappa shape index (κ3) is 2.29. The lowest BCUT2D eigenvalue weighted by Gasteiger charge is -2.44. The van der Waals surface area contributed by atoms with Crippen molar-refractivity contribution in [2.45, 2.75) is 52.6 Å².